The molecule has 2 aromatic carbocycles. The van der Waals surface area contributed by atoms with E-state index in [-0.39, 0.29) is 5.75 Å². The van der Waals surface area contributed by atoms with Crippen LogP contribution in [0.1, 0.15) is 57.9 Å². The summed E-state index contributed by atoms with van der Waals surface area (Å²) < 4.78 is 19.7. The summed E-state index contributed by atoms with van der Waals surface area (Å²) in [5.74, 6) is -0.471. The molecule has 3 heteroatoms. The lowest BCUT2D eigenvalue weighted by Gasteiger charge is -2.12. The topological polar surface area (TPSA) is 29.5 Å². The Morgan fingerprint density at radius 3 is 2.56 bits per heavy atom. The first-order chi connectivity index (χ1) is 13.1. The van der Waals surface area contributed by atoms with Crippen molar-refractivity contribution >= 4 is 6.08 Å². The Bertz CT molecular complexity index is 707. The smallest absolute Gasteiger partial charge is 0.134 e. The highest BCUT2D eigenvalue weighted by Gasteiger charge is 2.05. The van der Waals surface area contributed by atoms with E-state index in [9.17, 15) is 9.50 Å². The predicted molar refractivity (Wildman–Crippen MR) is 111 cm³/mol. The third kappa shape index (κ3) is 7.56. The molecule has 1 N–H and O–H groups in total. The minimum absolute atomic E-state index is 0.0588. The van der Waals surface area contributed by atoms with Gasteiger partial charge in [-0.3, -0.25) is 0 Å². The standard InChI is InChI=1S/C24H31FO2/c1-3-4-8-17-27-19(2)9-6-5-7-10-20-11-13-21(14-12-20)23-16-15-22(26)18-24(23)25/h7,10-16,18-19,26H,3-6,8-9,17H2,1-2H3. The van der Waals surface area contributed by atoms with Crippen LogP contribution >= 0.6 is 0 Å². The first-order valence-electron chi connectivity index (χ1n) is 9.97. The summed E-state index contributed by atoms with van der Waals surface area (Å²) in [5.41, 5.74) is 2.40. The number of allylic oxidation sites excluding steroid dienone is 1. The summed E-state index contributed by atoms with van der Waals surface area (Å²) >= 11 is 0. The van der Waals surface area contributed by atoms with Crippen LogP contribution in [0.5, 0.6) is 5.75 Å². The van der Waals surface area contributed by atoms with Crippen molar-refractivity contribution in [1.29, 1.82) is 0 Å². The van der Waals surface area contributed by atoms with Gasteiger partial charge in [-0.25, -0.2) is 4.39 Å². The zero-order valence-corrected chi connectivity index (χ0v) is 16.5. The summed E-state index contributed by atoms with van der Waals surface area (Å²) in [6.07, 6.45) is 11.5. The molecule has 0 bridgehead atoms. The van der Waals surface area contributed by atoms with Crippen molar-refractivity contribution < 1.29 is 14.2 Å². The lowest BCUT2D eigenvalue weighted by Crippen LogP contribution is -2.08. The minimum Gasteiger partial charge on any atom is -0.508 e. The third-order valence-corrected chi connectivity index (χ3v) is 4.62. The molecule has 0 aromatic heterocycles. The van der Waals surface area contributed by atoms with E-state index >= 15 is 0 Å². The van der Waals surface area contributed by atoms with Crippen molar-refractivity contribution in [3.05, 3.63) is 59.9 Å². The fraction of sp³-hybridized carbons (Fsp3) is 0.417. The van der Waals surface area contributed by atoms with Gasteiger partial charge < -0.3 is 9.84 Å². The molecular weight excluding hydrogens is 339 g/mol. The lowest BCUT2D eigenvalue weighted by atomic mass is 10.0. The van der Waals surface area contributed by atoms with E-state index in [1.165, 1.54) is 18.9 Å². The van der Waals surface area contributed by atoms with Crippen LogP contribution in [0.4, 0.5) is 4.39 Å². The Morgan fingerprint density at radius 1 is 1.07 bits per heavy atom. The first-order valence-corrected chi connectivity index (χ1v) is 9.97. The summed E-state index contributed by atoms with van der Waals surface area (Å²) in [5, 5.41) is 9.31. The van der Waals surface area contributed by atoms with Crippen LogP contribution in [0.15, 0.2) is 48.5 Å². The maximum Gasteiger partial charge on any atom is 0.134 e. The van der Waals surface area contributed by atoms with Crippen LogP contribution in [0.25, 0.3) is 17.2 Å². The van der Waals surface area contributed by atoms with Gasteiger partial charge in [0.2, 0.25) is 0 Å². The molecule has 146 valence electrons. The zero-order chi connectivity index (χ0) is 19.5. The molecular formula is C24H31FO2. The molecule has 0 fully saturated rings. The molecule has 0 radical (unpaired) electrons. The number of ether oxygens (including phenoxy) is 1. The van der Waals surface area contributed by atoms with E-state index in [1.54, 1.807) is 6.07 Å². The van der Waals surface area contributed by atoms with Crippen molar-refractivity contribution in [2.24, 2.45) is 0 Å². The van der Waals surface area contributed by atoms with Crippen molar-refractivity contribution in [1.82, 2.24) is 0 Å². The summed E-state index contributed by atoms with van der Waals surface area (Å²) in [6.45, 7) is 5.23. The van der Waals surface area contributed by atoms with E-state index in [4.69, 9.17) is 4.74 Å². The second-order valence-electron chi connectivity index (χ2n) is 7.01. The number of halogens is 1. The maximum atomic E-state index is 13.9. The van der Waals surface area contributed by atoms with Crippen molar-refractivity contribution in [2.75, 3.05) is 6.61 Å². The number of hydrogen-bond donors (Lipinski definition) is 1. The minimum atomic E-state index is -0.413. The average molecular weight is 371 g/mol. The Kier molecular flexibility index (Phi) is 9.06. The van der Waals surface area contributed by atoms with E-state index in [2.05, 4.69) is 26.0 Å². The van der Waals surface area contributed by atoms with Gasteiger partial charge in [0.05, 0.1) is 6.10 Å². The molecule has 0 aliphatic heterocycles. The number of hydrogen-bond acceptors (Lipinski definition) is 2. The Morgan fingerprint density at radius 2 is 1.85 bits per heavy atom. The highest BCUT2D eigenvalue weighted by molar-refractivity contribution is 5.67. The average Bonchev–Trinajstić information content (AvgIpc) is 2.66. The Hall–Kier alpha value is -2.13. The van der Waals surface area contributed by atoms with Gasteiger partial charge in [-0.1, -0.05) is 56.2 Å². The molecule has 2 rings (SSSR count). The first kappa shape index (κ1) is 21.2. The van der Waals surface area contributed by atoms with Crippen LogP contribution in [-0.4, -0.2) is 17.8 Å². The largest absolute Gasteiger partial charge is 0.508 e. The van der Waals surface area contributed by atoms with Gasteiger partial charge in [0.25, 0.3) is 0 Å². The van der Waals surface area contributed by atoms with Gasteiger partial charge in [-0.2, -0.15) is 0 Å². The van der Waals surface area contributed by atoms with E-state index in [0.717, 1.165) is 49.5 Å². The fourth-order valence-electron chi connectivity index (χ4n) is 2.97. The molecule has 27 heavy (non-hydrogen) atoms. The van der Waals surface area contributed by atoms with Crippen LogP contribution in [-0.2, 0) is 4.74 Å². The predicted octanol–water partition coefficient (Wildman–Crippen LogP) is 6.98. The number of rotatable bonds is 11. The molecule has 0 heterocycles. The van der Waals surface area contributed by atoms with Gasteiger partial charge in [-0.15, -0.1) is 0 Å². The third-order valence-electron chi connectivity index (χ3n) is 4.62. The van der Waals surface area contributed by atoms with Gasteiger partial charge in [0.15, 0.2) is 0 Å². The number of aromatic hydroxyl groups is 1. The van der Waals surface area contributed by atoms with Gasteiger partial charge in [0, 0.05) is 18.2 Å². The summed E-state index contributed by atoms with van der Waals surface area (Å²) in [7, 11) is 0. The van der Waals surface area contributed by atoms with Crippen LogP contribution < -0.4 is 0 Å². The number of benzene rings is 2. The molecule has 0 aliphatic carbocycles. The van der Waals surface area contributed by atoms with Gasteiger partial charge >= 0.3 is 0 Å². The van der Waals surface area contributed by atoms with Gasteiger partial charge in [-0.05, 0) is 55.9 Å². The molecule has 1 unspecified atom stereocenters. The molecule has 0 saturated heterocycles. The number of phenolic OH excluding ortho intramolecular Hbond substituents is 1. The number of phenols is 1. The molecule has 2 nitrogen and oxygen atoms in total. The second kappa shape index (κ2) is 11.6. The Balaban J connectivity index is 1.74. The second-order valence-corrected chi connectivity index (χ2v) is 7.01. The Labute approximate surface area is 162 Å². The van der Waals surface area contributed by atoms with Crippen LogP contribution in [0, 0.1) is 5.82 Å². The highest BCUT2D eigenvalue weighted by Crippen LogP contribution is 2.26. The zero-order valence-electron chi connectivity index (χ0n) is 16.5. The van der Waals surface area contributed by atoms with Crippen LogP contribution in [0.2, 0.25) is 0 Å². The summed E-state index contributed by atoms with van der Waals surface area (Å²) in [4.78, 5) is 0. The summed E-state index contributed by atoms with van der Waals surface area (Å²) in [6, 6.07) is 12.0. The highest BCUT2D eigenvalue weighted by atomic mass is 19.1. The molecule has 1 atom stereocenters. The quantitative estimate of drug-likeness (QED) is 0.432. The van der Waals surface area contributed by atoms with Crippen molar-refractivity contribution in [3.63, 3.8) is 0 Å². The SMILES string of the molecule is CCCCCOC(C)CCCC=Cc1ccc(-c2ccc(O)cc2F)cc1. The molecule has 2 aromatic rings. The van der Waals surface area contributed by atoms with E-state index in [1.807, 2.05) is 24.3 Å². The molecule has 0 spiro atoms. The molecule has 0 saturated carbocycles. The van der Waals surface area contributed by atoms with Crippen molar-refractivity contribution in [3.8, 4) is 16.9 Å². The monoisotopic (exact) mass is 370 g/mol. The van der Waals surface area contributed by atoms with E-state index < -0.39 is 5.82 Å². The van der Waals surface area contributed by atoms with Gasteiger partial charge in [0.1, 0.15) is 11.6 Å². The molecule has 0 amide bonds. The van der Waals surface area contributed by atoms with Crippen molar-refractivity contribution in [2.45, 2.75) is 58.5 Å². The molecule has 0 aliphatic rings. The number of unbranched alkanes of at least 4 members (excludes halogenated alkanes) is 3. The van der Waals surface area contributed by atoms with Crippen LogP contribution in [0.3, 0.4) is 0 Å². The normalized spacial score (nSPS) is 12.6. The maximum absolute atomic E-state index is 13.9. The lowest BCUT2D eigenvalue weighted by molar-refractivity contribution is 0.0566. The van der Waals surface area contributed by atoms with E-state index in [0.29, 0.717) is 11.7 Å². The fourth-order valence-corrected chi connectivity index (χ4v) is 2.97.